The lowest BCUT2D eigenvalue weighted by atomic mass is 9.83. The molecule has 0 spiro atoms. The second-order valence-electron chi connectivity index (χ2n) is 6.78. The normalized spacial score (nSPS) is 16.0. The quantitative estimate of drug-likeness (QED) is 0.246. The second-order valence-corrected chi connectivity index (χ2v) is 6.78. The molecule has 6 heteroatoms. The third kappa shape index (κ3) is 7.31. The Kier molecular flexibility index (Phi) is 11.0. The Hall–Kier alpha value is -1.02. The van der Waals surface area contributed by atoms with Crippen LogP contribution in [0.2, 0.25) is 0 Å². The van der Waals surface area contributed by atoms with Gasteiger partial charge in [-0.05, 0) is 49.3 Å². The summed E-state index contributed by atoms with van der Waals surface area (Å²) in [6, 6.07) is 8.10. The van der Waals surface area contributed by atoms with Crippen LogP contribution >= 0.6 is 24.0 Å². The lowest BCUT2D eigenvalue weighted by Crippen LogP contribution is -2.43. The molecular formula is C20H34IN3O2. The molecule has 0 amide bonds. The van der Waals surface area contributed by atoms with Crippen LogP contribution in [0.15, 0.2) is 29.3 Å². The second kappa shape index (κ2) is 12.4. The highest BCUT2D eigenvalue weighted by atomic mass is 127. The molecule has 5 nitrogen and oxygen atoms in total. The number of methoxy groups -OCH3 is 1. The molecule has 148 valence electrons. The number of guanidine groups is 1. The van der Waals surface area contributed by atoms with Gasteiger partial charge in [0.05, 0.1) is 7.11 Å². The molecule has 1 aliphatic carbocycles. The summed E-state index contributed by atoms with van der Waals surface area (Å²) < 4.78 is 10.8. The molecule has 0 atom stereocenters. The minimum atomic E-state index is 0. The molecule has 0 heterocycles. The monoisotopic (exact) mass is 475 g/mol. The largest absolute Gasteiger partial charge is 0.497 e. The van der Waals surface area contributed by atoms with Gasteiger partial charge in [0, 0.05) is 33.4 Å². The van der Waals surface area contributed by atoms with E-state index in [1.807, 2.05) is 19.2 Å². The van der Waals surface area contributed by atoms with Gasteiger partial charge in [-0.2, -0.15) is 0 Å². The van der Waals surface area contributed by atoms with Crippen molar-refractivity contribution < 1.29 is 9.47 Å². The van der Waals surface area contributed by atoms with Crippen molar-refractivity contribution in [3.8, 4) is 5.75 Å². The van der Waals surface area contributed by atoms with Crippen LogP contribution in [-0.4, -0.2) is 39.9 Å². The van der Waals surface area contributed by atoms with E-state index in [2.05, 4.69) is 34.7 Å². The highest BCUT2D eigenvalue weighted by molar-refractivity contribution is 14.0. The Bertz CT molecular complexity index is 528. The van der Waals surface area contributed by atoms with Gasteiger partial charge in [-0.1, -0.05) is 25.0 Å². The molecule has 1 fully saturated rings. The zero-order valence-corrected chi connectivity index (χ0v) is 18.7. The first-order valence-electron chi connectivity index (χ1n) is 9.36. The summed E-state index contributed by atoms with van der Waals surface area (Å²) in [5, 5.41) is 6.93. The van der Waals surface area contributed by atoms with Gasteiger partial charge in [-0.25, -0.2) is 0 Å². The maximum Gasteiger partial charge on any atom is 0.191 e. The maximum atomic E-state index is 5.59. The van der Waals surface area contributed by atoms with E-state index in [1.54, 1.807) is 7.11 Å². The number of aliphatic imine (C=N–C) groups is 1. The van der Waals surface area contributed by atoms with Gasteiger partial charge in [-0.15, -0.1) is 24.0 Å². The molecule has 1 aliphatic rings. The third-order valence-corrected chi connectivity index (χ3v) is 5.12. The summed E-state index contributed by atoms with van der Waals surface area (Å²) in [4.78, 5) is 4.36. The summed E-state index contributed by atoms with van der Waals surface area (Å²) in [6.07, 6.45) is 6.34. The first kappa shape index (κ1) is 23.0. The number of nitrogens with one attached hydrogen (secondary N) is 2. The van der Waals surface area contributed by atoms with Crippen molar-refractivity contribution in [3.05, 3.63) is 29.8 Å². The molecule has 1 aromatic rings. The lowest BCUT2D eigenvalue weighted by molar-refractivity contribution is 0.105. The topological polar surface area (TPSA) is 54.9 Å². The van der Waals surface area contributed by atoms with E-state index in [1.165, 1.54) is 31.2 Å². The molecule has 2 N–H and O–H groups in total. The van der Waals surface area contributed by atoms with Crippen molar-refractivity contribution >= 4 is 29.9 Å². The van der Waals surface area contributed by atoms with Crippen LogP contribution in [0.1, 0.15) is 44.6 Å². The van der Waals surface area contributed by atoms with Crippen LogP contribution in [0.4, 0.5) is 0 Å². The fourth-order valence-corrected chi connectivity index (χ4v) is 3.49. The van der Waals surface area contributed by atoms with Crippen LogP contribution in [0.3, 0.4) is 0 Å². The number of ether oxygens (including phenoxy) is 2. The molecule has 0 unspecified atom stereocenters. The Labute approximate surface area is 175 Å². The van der Waals surface area contributed by atoms with E-state index < -0.39 is 0 Å². The predicted octanol–water partition coefficient (Wildman–Crippen LogP) is 3.97. The SMILES string of the molecule is CCOCCC1(CNC(=NC)NCc2ccc(OC)cc2)CCCC1.I. The van der Waals surface area contributed by atoms with Crippen molar-refractivity contribution in [1.82, 2.24) is 10.6 Å². The van der Waals surface area contributed by atoms with Gasteiger partial charge in [0.2, 0.25) is 0 Å². The summed E-state index contributed by atoms with van der Waals surface area (Å²) in [7, 11) is 3.51. The highest BCUT2D eigenvalue weighted by Crippen LogP contribution is 2.40. The van der Waals surface area contributed by atoms with Gasteiger partial charge < -0.3 is 20.1 Å². The highest BCUT2D eigenvalue weighted by Gasteiger charge is 2.33. The molecule has 2 rings (SSSR count). The number of nitrogens with zero attached hydrogens (tertiary/aromatic N) is 1. The van der Waals surface area contributed by atoms with Crippen LogP contribution in [0.25, 0.3) is 0 Å². The predicted molar refractivity (Wildman–Crippen MR) is 119 cm³/mol. The summed E-state index contributed by atoms with van der Waals surface area (Å²) in [5.74, 6) is 1.74. The van der Waals surface area contributed by atoms with Crippen molar-refractivity contribution in [3.63, 3.8) is 0 Å². The molecule has 0 bridgehead atoms. The molecule has 1 saturated carbocycles. The van der Waals surface area contributed by atoms with Gasteiger partial charge in [-0.3, -0.25) is 4.99 Å². The molecule has 1 aromatic carbocycles. The first-order chi connectivity index (χ1) is 12.2. The molecule has 26 heavy (non-hydrogen) atoms. The number of benzene rings is 1. The van der Waals surface area contributed by atoms with E-state index in [0.29, 0.717) is 5.41 Å². The average Bonchev–Trinajstić information content (AvgIpc) is 3.11. The Balaban J connectivity index is 0.00000338. The van der Waals surface area contributed by atoms with E-state index >= 15 is 0 Å². The molecule has 0 saturated heterocycles. The molecule has 0 aromatic heterocycles. The zero-order chi connectivity index (χ0) is 18.0. The molecule has 0 radical (unpaired) electrons. The smallest absolute Gasteiger partial charge is 0.191 e. The van der Waals surface area contributed by atoms with Crippen molar-refractivity contribution in [2.45, 2.75) is 45.6 Å². The Morgan fingerprint density at radius 3 is 2.42 bits per heavy atom. The fourth-order valence-electron chi connectivity index (χ4n) is 3.49. The maximum absolute atomic E-state index is 5.59. The van der Waals surface area contributed by atoms with E-state index in [9.17, 15) is 0 Å². The number of halogens is 1. The van der Waals surface area contributed by atoms with E-state index in [-0.39, 0.29) is 24.0 Å². The summed E-state index contributed by atoms with van der Waals surface area (Å²) >= 11 is 0. The first-order valence-corrected chi connectivity index (χ1v) is 9.36. The van der Waals surface area contributed by atoms with E-state index in [0.717, 1.165) is 44.4 Å². The molecular weight excluding hydrogens is 441 g/mol. The third-order valence-electron chi connectivity index (χ3n) is 5.12. The standard InChI is InChI=1S/C20H33N3O2.HI/c1-4-25-14-13-20(11-5-6-12-20)16-23-19(21-2)22-15-17-7-9-18(24-3)10-8-17;/h7-10H,4-6,11-16H2,1-3H3,(H2,21,22,23);1H. The lowest BCUT2D eigenvalue weighted by Gasteiger charge is -2.30. The Morgan fingerprint density at radius 2 is 1.85 bits per heavy atom. The number of rotatable bonds is 9. The van der Waals surface area contributed by atoms with Crippen LogP contribution in [0.5, 0.6) is 5.75 Å². The fraction of sp³-hybridized carbons (Fsp3) is 0.650. The van der Waals surface area contributed by atoms with Crippen molar-refractivity contribution in [2.24, 2.45) is 10.4 Å². The van der Waals surface area contributed by atoms with Crippen LogP contribution in [0, 0.1) is 5.41 Å². The van der Waals surface area contributed by atoms with Gasteiger partial charge in [0.1, 0.15) is 5.75 Å². The van der Waals surface area contributed by atoms with Gasteiger partial charge >= 0.3 is 0 Å². The number of hydrogen-bond acceptors (Lipinski definition) is 3. The zero-order valence-electron chi connectivity index (χ0n) is 16.3. The minimum Gasteiger partial charge on any atom is -0.497 e. The summed E-state index contributed by atoms with van der Waals surface area (Å²) in [5.41, 5.74) is 1.56. The minimum absolute atomic E-state index is 0. The molecule has 0 aliphatic heterocycles. The number of hydrogen-bond donors (Lipinski definition) is 2. The summed E-state index contributed by atoms with van der Waals surface area (Å²) in [6.45, 7) is 5.42. The average molecular weight is 475 g/mol. The van der Waals surface area contributed by atoms with Gasteiger partial charge in [0.15, 0.2) is 5.96 Å². The van der Waals surface area contributed by atoms with Crippen LogP contribution in [-0.2, 0) is 11.3 Å². The Morgan fingerprint density at radius 1 is 1.15 bits per heavy atom. The van der Waals surface area contributed by atoms with Crippen molar-refractivity contribution in [2.75, 3.05) is 33.9 Å². The van der Waals surface area contributed by atoms with E-state index in [4.69, 9.17) is 9.47 Å². The van der Waals surface area contributed by atoms with Crippen LogP contribution < -0.4 is 15.4 Å². The van der Waals surface area contributed by atoms with Gasteiger partial charge in [0.25, 0.3) is 0 Å². The van der Waals surface area contributed by atoms with Crippen molar-refractivity contribution in [1.29, 1.82) is 0 Å².